The van der Waals surface area contributed by atoms with Gasteiger partial charge < -0.3 is 5.73 Å². The first-order valence-electron chi connectivity index (χ1n) is 6.98. The second-order valence-corrected chi connectivity index (χ2v) is 5.61. The zero-order chi connectivity index (χ0) is 14.8. The van der Waals surface area contributed by atoms with Crippen LogP contribution < -0.4 is 5.73 Å². The van der Waals surface area contributed by atoms with Crippen LogP contribution in [0.1, 0.15) is 31.2 Å². The van der Waals surface area contributed by atoms with Crippen LogP contribution in [0.5, 0.6) is 0 Å². The van der Waals surface area contributed by atoms with Crippen molar-refractivity contribution in [3.8, 4) is 0 Å². The van der Waals surface area contributed by atoms with Gasteiger partial charge in [-0.05, 0) is 18.9 Å². The fraction of sp³-hybridized carbons (Fsp3) is 0.600. The Hall–Kier alpha value is -1.07. The number of piperidine rings is 1. The zero-order valence-electron chi connectivity index (χ0n) is 11.6. The standard InChI is InChI=1S/C15H21F3N2/c1-11-14(12-5-3-2-4-6-12)9-13(19)10-20(11)8-7-15(16,17)18/h2-6,11,13-14H,7-10,19H2,1H3/t11-,13+,14-/m1/s1. The molecule has 5 heteroatoms. The third kappa shape index (κ3) is 3.96. The first kappa shape index (κ1) is 15.3. The molecule has 2 rings (SSSR count). The van der Waals surface area contributed by atoms with Crippen molar-refractivity contribution in [1.29, 1.82) is 0 Å². The molecule has 1 aliphatic rings. The predicted molar refractivity (Wildman–Crippen MR) is 73.5 cm³/mol. The van der Waals surface area contributed by atoms with Gasteiger partial charge in [0, 0.05) is 31.1 Å². The summed E-state index contributed by atoms with van der Waals surface area (Å²) in [5, 5.41) is 0. The third-order valence-electron chi connectivity index (χ3n) is 4.09. The number of likely N-dealkylation sites (tertiary alicyclic amines) is 1. The highest BCUT2D eigenvalue weighted by molar-refractivity contribution is 5.22. The number of halogens is 3. The highest BCUT2D eigenvalue weighted by Crippen LogP contribution is 2.33. The smallest absolute Gasteiger partial charge is 0.327 e. The quantitative estimate of drug-likeness (QED) is 0.925. The lowest BCUT2D eigenvalue weighted by Gasteiger charge is -2.42. The molecule has 20 heavy (non-hydrogen) atoms. The van der Waals surface area contributed by atoms with Gasteiger partial charge in [-0.15, -0.1) is 0 Å². The van der Waals surface area contributed by atoms with Crippen LogP contribution in [0.25, 0.3) is 0 Å². The Bertz CT molecular complexity index is 419. The minimum atomic E-state index is -4.11. The lowest BCUT2D eigenvalue weighted by Crippen LogP contribution is -2.51. The fourth-order valence-electron chi connectivity index (χ4n) is 3.00. The molecule has 3 atom stereocenters. The Kier molecular flexibility index (Phi) is 4.70. The van der Waals surface area contributed by atoms with Gasteiger partial charge in [0.25, 0.3) is 0 Å². The Morgan fingerprint density at radius 1 is 1.25 bits per heavy atom. The molecule has 1 fully saturated rings. The summed E-state index contributed by atoms with van der Waals surface area (Å²) < 4.78 is 37.2. The topological polar surface area (TPSA) is 29.3 Å². The number of hydrogen-bond donors (Lipinski definition) is 1. The Morgan fingerprint density at radius 3 is 2.50 bits per heavy atom. The maximum Gasteiger partial charge on any atom is 0.390 e. The summed E-state index contributed by atoms with van der Waals surface area (Å²) >= 11 is 0. The first-order valence-corrected chi connectivity index (χ1v) is 6.98. The van der Waals surface area contributed by atoms with Gasteiger partial charge in [-0.2, -0.15) is 13.2 Å². The van der Waals surface area contributed by atoms with E-state index in [0.29, 0.717) is 6.54 Å². The summed E-state index contributed by atoms with van der Waals surface area (Å²) in [6.45, 7) is 2.57. The SMILES string of the molecule is C[C@@H]1[C@H](c2ccccc2)C[C@H](N)CN1CCC(F)(F)F. The van der Waals surface area contributed by atoms with Crippen molar-refractivity contribution in [2.45, 2.75) is 43.9 Å². The van der Waals surface area contributed by atoms with Crippen LogP contribution in [-0.4, -0.2) is 36.2 Å². The molecule has 1 heterocycles. The van der Waals surface area contributed by atoms with Crippen LogP contribution in [0.4, 0.5) is 13.2 Å². The van der Waals surface area contributed by atoms with Crippen molar-refractivity contribution in [3.63, 3.8) is 0 Å². The molecule has 0 aromatic heterocycles. The Morgan fingerprint density at radius 2 is 1.90 bits per heavy atom. The van der Waals surface area contributed by atoms with Gasteiger partial charge in [-0.1, -0.05) is 30.3 Å². The molecule has 0 unspecified atom stereocenters. The van der Waals surface area contributed by atoms with Crippen LogP contribution in [0, 0.1) is 0 Å². The van der Waals surface area contributed by atoms with Crippen LogP contribution in [-0.2, 0) is 0 Å². The summed E-state index contributed by atoms with van der Waals surface area (Å²) in [4.78, 5) is 1.87. The monoisotopic (exact) mass is 286 g/mol. The minimum absolute atomic E-state index is 0.0295. The van der Waals surface area contributed by atoms with Crippen molar-refractivity contribution in [3.05, 3.63) is 35.9 Å². The summed E-state index contributed by atoms with van der Waals surface area (Å²) in [6.07, 6.45) is -4.05. The molecule has 1 aromatic rings. The van der Waals surface area contributed by atoms with Gasteiger partial charge >= 0.3 is 6.18 Å². The molecule has 0 bridgehead atoms. The third-order valence-corrected chi connectivity index (χ3v) is 4.09. The second kappa shape index (κ2) is 6.14. The fourth-order valence-corrected chi connectivity index (χ4v) is 3.00. The average molecular weight is 286 g/mol. The molecule has 1 saturated heterocycles. The second-order valence-electron chi connectivity index (χ2n) is 5.61. The van der Waals surface area contributed by atoms with Crippen molar-refractivity contribution in [2.24, 2.45) is 5.73 Å². The van der Waals surface area contributed by atoms with E-state index in [1.54, 1.807) is 0 Å². The molecule has 1 aromatic carbocycles. The molecule has 2 N–H and O–H groups in total. The molecule has 0 aliphatic carbocycles. The summed E-state index contributed by atoms with van der Waals surface area (Å²) in [5.41, 5.74) is 7.19. The molecular weight excluding hydrogens is 265 g/mol. The lowest BCUT2D eigenvalue weighted by molar-refractivity contribution is -0.140. The molecule has 112 valence electrons. The molecule has 2 nitrogen and oxygen atoms in total. The zero-order valence-corrected chi connectivity index (χ0v) is 11.6. The van der Waals surface area contributed by atoms with E-state index >= 15 is 0 Å². The van der Waals surface area contributed by atoms with E-state index in [1.165, 1.54) is 0 Å². The van der Waals surface area contributed by atoms with E-state index in [9.17, 15) is 13.2 Å². The highest BCUT2D eigenvalue weighted by atomic mass is 19.4. The Labute approximate surface area is 117 Å². The number of hydrogen-bond acceptors (Lipinski definition) is 2. The van der Waals surface area contributed by atoms with Crippen molar-refractivity contribution in [1.82, 2.24) is 4.90 Å². The van der Waals surface area contributed by atoms with Crippen LogP contribution in [0.3, 0.4) is 0 Å². The van der Waals surface area contributed by atoms with Gasteiger partial charge in [-0.3, -0.25) is 4.90 Å². The van der Waals surface area contributed by atoms with Crippen molar-refractivity contribution < 1.29 is 13.2 Å². The Balaban J connectivity index is 2.07. The molecule has 1 aliphatic heterocycles. The maximum atomic E-state index is 12.4. The van der Waals surface area contributed by atoms with Crippen molar-refractivity contribution >= 4 is 0 Å². The molecular formula is C15H21F3N2. The van der Waals surface area contributed by atoms with Gasteiger partial charge in [0.2, 0.25) is 0 Å². The largest absolute Gasteiger partial charge is 0.390 e. The maximum absolute atomic E-state index is 12.4. The summed E-state index contributed by atoms with van der Waals surface area (Å²) in [7, 11) is 0. The van der Waals surface area contributed by atoms with Crippen LogP contribution in [0.2, 0.25) is 0 Å². The van der Waals surface area contributed by atoms with E-state index in [1.807, 2.05) is 42.2 Å². The first-order chi connectivity index (χ1) is 9.37. The normalized spacial score (nSPS) is 28.6. The number of nitrogens with two attached hydrogens (primary N) is 1. The lowest BCUT2D eigenvalue weighted by atomic mass is 9.82. The van der Waals surface area contributed by atoms with E-state index in [0.717, 1.165) is 12.0 Å². The predicted octanol–water partition coefficient (Wildman–Crippen LogP) is 3.14. The van der Waals surface area contributed by atoms with E-state index in [-0.39, 0.29) is 24.5 Å². The molecule has 0 spiro atoms. The van der Waals surface area contributed by atoms with E-state index in [4.69, 9.17) is 5.73 Å². The van der Waals surface area contributed by atoms with Crippen molar-refractivity contribution in [2.75, 3.05) is 13.1 Å². The van der Waals surface area contributed by atoms with Crippen LogP contribution in [0.15, 0.2) is 30.3 Å². The molecule has 0 saturated carbocycles. The van der Waals surface area contributed by atoms with E-state index < -0.39 is 12.6 Å². The van der Waals surface area contributed by atoms with Gasteiger partial charge in [0.1, 0.15) is 0 Å². The highest BCUT2D eigenvalue weighted by Gasteiger charge is 2.35. The van der Waals surface area contributed by atoms with Gasteiger partial charge in [-0.25, -0.2) is 0 Å². The van der Waals surface area contributed by atoms with E-state index in [2.05, 4.69) is 0 Å². The number of nitrogens with zero attached hydrogens (tertiary/aromatic N) is 1. The number of rotatable bonds is 3. The summed E-state index contributed by atoms with van der Waals surface area (Å²) in [6, 6.07) is 9.94. The average Bonchev–Trinajstić information content (AvgIpc) is 2.39. The van der Waals surface area contributed by atoms with Crippen LogP contribution >= 0.6 is 0 Å². The molecule has 0 radical (unpaired) electrons. The number of alkyl halides is 3. The minimum Gasteiger partial charge on any atom is -0.327 e. The molecule has 0 amide bonds. The van der Waals surface area contributed by atoms with Gasteiger partial charge in [0.15, 0.2) is 0 Å². The number of benzene rings is 1. The summed E-state index contributed by atoms with van der Waals surface area (Å²) in [5.74, 6) is 0.202. The van der Waals surface area contributed by atoms with Gasteiger partial charge in [0.05, 0.1) is 6.42 Å².